The molecule has 0 aliphatic heterocycles. The van der Waals surface area contributed by atoms with Crippen molar-refractivity contribution >= 4 is 6.01 Å². The SMILES string of the molecule is CCNC(C)c1nnc(NCC2CCC(CC)CC2)o1. The summed E-state index contributed by atoms with van der Waals surface area (Å²) >= 11 is 0. The Morgan fingerprint density at radius 2 is 1.85 bits per heavy atom. The Balaban J connectivity index is 1.74. The van der Waals surface area contributed by atoms with Crippen LogP contribution in [0.25, 0.3) is 0 Å². The molecule has 1 heterocycles. The fourth-order valence-electron chi connectivity index (χ4n) is 2.95. The molecule has 1 aromatic heterocycles. The smallest absolute Gasteiger partial charge is 0.315 e. The molecule has 20 heavy (non-hydrogen) atoms. The van der Waals surface area contributed by atoms with E-state index in [1.54, 1.807) is 0 Å². The standard InChI is InChI=1S/C15H28N4O/c1-4-12-6-8-13(9-7-12)10-17-15-19-18-14(20-15)11(3)16-5-2/h11-13,16H,4-10H2,1-3H3,(H,17,19). The molecule has 0 aromatic carbocycles. The van der Waals surface area contributed by atoms with Gasteiger partial charge in [-0.3, -0.25) is 0 Å². The average Bonchev–Trinajstić information content (AvgIpc) is 2.95. The van der Waals surface area contributed by atoms with Crippen LogP contribution in [0.3, 0.4) is 0 Å². The minimum absolute atomic E-state index is 0.114. The third-order valence-corrected chi connectivity index (χ3v) is 4.41. The van der Waals surface area contributed by atoms with Gasteiger partial charge in [0.1, 0.15) is 0 Å². The van der Waals surface area contributed by atoms with Gasteiger partial charge in [0.25, 0.3) is 0 Å². The summed E-state index contributed by atoms with van der Waals surface area (Å²) in [6.07, 6.45) is 6.71. The number of hydrogen-bond acceptors (Lipinski definition) is 5. The van der Waals surface area contributed by atoms with Crippen molar-refractivity contribution in [3.8, 4) is 0 Å². The number of aromatic nitrogens is 2. The third kappa shape index (κ3) is 4.20. The van der Waals surface area contributed by atoms with Crippen molar-refractivity contribution in [3.63, 3.8) is 0 Å². The highest BCUT2D eigenvalue weighted by Crippen LogP contribution is 2.30. The monoisotopic (exact) mass is 280 g/mol. The first-order valence-electron chi connectivity index (χ1n) is 8.03. The zero-order valence-electron chi connectivity index (χ0n) is 13.0. The summed E-state index contributed by atoms with van der Waals surface area (Å²) in [5, 5.41) is 14.7. The molecule has 2 N–H and O–H groups in total. The lowest BCUT2D eigenvalue weighted by atomic mass is 9.81. The Morgan fingerprint density at radius 3 is 2.50 bits per heavy atom. The molecule has 2 rings (SSSR count). The third-order valence-electron chi connectivity index (χ3n) is 4.41. The Kier molecular flexibility index (Phi) is 5.83. The number of nitrogens with zero attached hydrogens (tertiary/aromatic N) is 2. The van der Waals surface area contributed by atoms with Crippen LogP contribution in [-0.2, 0) is 0 Å². The Hall–Kier alpha value is -1.10. The van der Waals surface area contributed by atoms with Crippen molar-refractivity contribution in [1.29, 1.82) is 0 Å². The van der Waals surface area contributed by atoms with Gasteiger partial charge in [-0.25, -0.2) is 0 Å². The highest BCUT2D eigenvalue weighted by molar-refractivity contribution is 5.17. The van der Waals surface area contributed by atoms with Gasteiger partial charge in [0, 0.05) is 6.54 Å². The molecule has 0 bridgehead atoms. The van der Waals surface area contributed by atoms with Crippen LogP contribution >= 0.6 is 0 Å². The molecule has 1 aliphatic rings. The van der Waals surface area contributed by atoms with Gasteiger partial charge >= 0.3 is 6.01 Å². The van der Waals surface area contributed by atoms with Gasteiger partial charge < -0.3 is 15.1 Å². The van der Waals surface area contributed by atoms with Crippen LogP contribution < -0.4 is 10.6 Å². The topological polar surface area (TPSA) is 63.0 Å². The normalized spacial score (nSPS) is 24.6. The van der Waals surface area contributed by atoms with Gasteiger partial charge in [-0.1, -0.05) is 38.2 Å². The van der Waals surface area contributed by atoms with E-state index < -0.39 is 0 Å². The molecule has 1 atom stereocenters. The molecule has 5 heteroatoms. The highest BCUT2D eigenvalue weighted by Gasteiger charge is 2.20. The first-order valence-corrected chi connectivity index (χ1v) is 8.03. The van der Waals surface area contributed by atoms with Crippen LogP contribution in [-0.4, -0.2) is 23.3 Å². The van der Waals surface area contributed by atoms with Crippen LogP contribution in [0.1, 0.15) is 64.8 Å². The molecule has 0 spiro atoms. The van der Waals surface area contributed by atoms with E-state index in [4.69, 9.17) is 4.42 Å². The van der Waals surface area contributed by atoms with Crippen LogP contribution in [0.15, 0.2) is 4.42 Å². The van der Waals surface area contributed by atoms with Crippen molar-refractivity contribution in [3.05, 3.63) is 5.89 Å². The van der Waals surface area contributed by atoms with E-state index in [1.807, 2.05) is 6.92 Å². The summed E-state index contributed by atoms with van der Waals surface area (Å²) in [5.41, 5.74) is 0. The molecule has 5 nitrogen and oxygen atoms in total. The molecule has 1 saturated carbocycles. The van der Waals surface area contributed by atoms with Gasteiger partial charge in [0.05, 0.1) is 6.04 Å². The summed E-state index contributed by atoms with van der Waals surface area (Å²) in [5.74, 6) is 2.35. The molecule has 1 aromatic rings. The van der Waals surface area contributed by atoms with Gasteiger partial charge in [-0.05, 0) is 38.1 Å². The van der Waals surface area contributed by atoms with Crippen LogP contribution in [0.4, 0.5) is 6.01 Å². The number of rotatable bonds is 7. The molecule has 1 aliphatic carbocycles. The van der Waals surface area contributed by atoms with Crippen LogP contribution in [0.2, 0.25) is 0 Å². The lowest BCUT2D eigenvalue weighted by Crippen LogP contribution is -2.21. The lowest BCUT2D eigenvalue weighted by molar-refractivity contribution is 0.277. The van der Waals surface area contributed by atoms with Gasteiger partial charge in [0.2, 0.25) is 5.89 Å². The molecule has 0 radical (unpaired) electrons. The van der Waals surface area contributed by atoms with Crippen molar-refractivity contribution in [2.75, 3.05) is 18.4 Å². The Morgan fingerprint density at radius 1 is 1.15 bits per heavy atom. The molecule has 0 amide bonds. The van der Waals surface area contributed by atoms with E-state index >= 15 is 0 Å². The van der Waals surface area contributed by atoms with E-state index in [-0.39, 0.29) is 6.04 Å². The zero-order valence-corrected chi connectivity index (χ0v) is 13.0. The van der Waals surface area contributed by atoms with E-state index in [0.29, 0.717) is 11.9 Å². The predicted molar refractivity (Wildman–Crippen MR) is 80.6 cm³/mol. The van der Waals surface area contributed by atoms with Crippen LogP contribution in [0, 0.1) is 11.8 Å². The largest absolute Gasteiger partial charge is 0.406 e. The number of nitrogens with one attached hydrogen (secondary N) is 2. The maximum atomic E-state index is 5.64. The summed E-state index contributed by atoms with van der Waals surface area (Å²) in [4.78, 5) is 0. The molecule has 0 saturated heterocycles. The first-order chi connectivity index (χ1) is 9.72. The van der Waals surface area contributed by atoms with Crippen molar-refractivity contribution in [1.82, 2.24) is 15.5 Å². The predicted octanol–water partition coefficient (Wildman–Crippen LogP) is 3.37. The summed E-state index contributed by atoms with van der Waals surface area (Å²) in [6.45, 7) is 8.25. The Bertz CT molecular complexity index is 385. The van der Waals surface area contributed by atoms with E-state index in [2.05, 4.69) is 34.7 Å². The molecular formula is C15H28N4O. The Labute approximate surface area is 121 Å². The zero-order chi connectivity index (χ0) is 14.4. The van der Waals surface area contributed by atoms with E-state index in [0.717, 1.165) is 24.9 Å². The minimum Gasteiger partial charge on any atom is -0.406 e. The second kappa shape index (κ2) is 7.62. The van der Waals surface area contributed by atoms with E-state index in [9.17, 15) is 0 Å². The minimum atomic E-state index is 0.114. The molecule has 1 unspecified atom stereocenters. The molecular weight excluding hydrogens is 252 g/mol. The van der Waals surface area contributed by atoms with Gasteiger partial charge in [-0.2, -0.15) is 0 Å². The first kappa shape index (κ1) is 15.3. The average molecular weight is 280 g/mol. The maximum absolute atomic E-state index is 5.64. The number of hydrogen-bond donors (Lipinski definition) is 2. The highest BCUT2D eigenvalue weighted by atomic mass is 16.4. The van der Waals surface area contributed by atoms with Crippen molar-refractivity contribution in [2.24, 2.45) is 11.8 Å². The van der Waals surface area contributed by atoms with Crippen molar-refractivity contribution < 1.29 is 4.42 Å². The maximum Gasteiger partial charge on any atom is 0.315 e. The second-order valence-corrected chi connectivity index (χ2v) is 5.90. The van der Waals surface area contributed by atoms with Gasteiger partial charge in [-0.15, -0.1) is 5.10 Å². The molecule has 1 fully saturated rings. The summed E-state index contributed by atoms with van der Waals surface area (Å²) in [6, 6.07) is 0.672. The summed E-state index contributed by atoms with van der Waals surface area (Å²) in [7, 11) is 0. The summed E-state index contributed by atoms with van der Waals surface area (Å²) < 4.78 is 5.64. The fourth-order valence-corrected chi connectivity index (χ4v) is 2.95. The lowest BCUT2D eigenvalue weighted by Gasteiger charge is -2.27. The van der Waals surface area contributed by atoms with Crippen LogP contribution in [0.5, 0.6) is 0 Å². The molecule has 114 valence electrons. The quantitative estimate of drug-likeness (QED) is 0.801. The van der Waals surface area contributed by atoms with E-state index in [1.165, 1.54) is 32.1 Å². The van der Waals surface area contributed by atoms with Gasteiger partial charge in [0.15, 0.2) is 0 Å². The van der Waals surface area contributed by atoms with Crippen molar-refractivity contribution in [2.45, 2.75) is 58.9 Å². The fraction of sp³-hybridized carbons (Fsp3) is 0.867. The number of anilines is 1. The second-order valence-electron chi connectivity index (χ2n) is 5.90.